The highest BCUT2D eigenvalue weighted by Gasteiger charge is 2.32. The highest BCUT2D eigenvalue weighted by molar-refractivity contribution is 5.77. The van der Waals surface area contributed by atoms with Crippen LogP contribution in [0.25, 0.3) is 0 Å². The van der Waals surface area contributed by atoms with Crippen LogP contribution in [0.1, 0.15) is 142 Å². The van der Waals surface area contributed by atoms with Gasteiger partial charge >= 0.3 is 5.97 Å². The zero-order valence-electron chi connectivity index (χ0n) is 22.4. The molecule has 0 aliphatic heterocycles. The van der Waals surface area contributed by atoms with Gasteiger partial charge in [0.05, 0.1) is 13.2 Å². The minimum Gasteiger partial charge on any atom is -0.463 e. The molecule has 0 aromatic heterocycles. The minimum absolute atomic E-state index is 0.210. The number of aliphatic hydroxyl groups is 2. The van der Waals surface area contributed by atoms with Gasteiger partial charge in [-0.2, -0.15) is 0 Å². The summed E-state index contributed by atoms with van der Waals surface area (Å²) in [5.41, 5.74) is -1.31. The Kier molecular flexibility index (Phi) is 22.8. The van der Waals surface area contributed by atoms with Crippen LogP contribution >= 0.6 is 0 Å². The molecule has 0 heterocycles. The molecule has 3 N–H and O–H groups in total. The van der Waals surface area contributed by atoms with Gasteiger partial charge in [-0.3, -0.25) is 9.59 Å². The molecule has 0 aromatic carbocycles. The topological polar surface area (TPSA) is 95.9 Å². The van der Waals surface area contributed by atoms with Crippen LogP contribution in [0, 0.1) is 0 Å². The third-order valence-electron chi connectivity index (χ3n) is 6.51. The summed E-state index contributed by atoms with van der Waals surface area (Å²) >= 11 is 0. The number of aliphatic hydroxyl groups excluding tert-OH is 2. The fourth-order valence-electron chi connectivity index (χ4n) is 4.08. The van der Waals surface area contributed by atoms with Crippen molar-refractivity contribution in [1.29, 1.82) is 0 Å². The molecule has 0 aliphatic carbocycles. The largest absolute Gasteiger partial charge is 0.463 e. The minimum atomic E-state index is -1.31. The van der Waals surface area contributed by atoms with Gasteiger partial charge in [0.15, 0.2) is 0 Å². The standard InChI is InChI=1S/C28H55NO5/c1-3-5-7-9-10-11-12-13-14-15-16-18-19-21-26(32)29-28(23-30,24-31)25-34-27(33)22-20-17-8-6-4-2/h30-31H,3-25H2,1-2H3,(H,29,32). The Hall–Kier alpha value is -1.14. The van der Waals surface area contributed by atoms with E-state index in [0.717, 1.165) is 44.9 Å². The lowest BCUT2D eigenvalue weighted by Crippen LogP contribution is -2.57. The zero-order chi connectivity index (χ0) is 25.3. The maximum Gasteiger partial charge on any atom is 0.305 e. The summed E-state index contributed by atoms with van der Waals surface area (Å²) in [5, 5.41) is 22.2. The second-order valence-corrected chi connectivity index (χ2v) is 9.96. The molecule has 0 fully saturated rings. The van der Waals surface area contributed by atoms with Crippen LogP contribution in [0.4, 0.5) is 0 Å². The first-order valence-corrected chi connectivity index (χ1v) is 14.2. The Labute approximate surface area is 209 Å². The molecule has 0 bridgehead atoms. The Bertz CT molecular complexity index is 479. The van der Waals surface area contributed by atoms with E-state index in [-0.39, 0.29) is 18.5 Å². The average Bonchev–Trinajstić information content (AvgIpc) is 2.84. The van der Waals surface area contributed by atoms with Crippen molar-refractivity contribution in [2.75, 3.05) is 19.8 Å². The van der Waals surface area contributed by atoms with Gasteiger partial charge in [0.1, 0.15) is 12.1 Å². The zero-order valence-corrected chi connectivity index (χ0v) is 22.4. The van der Waals surface area contributed by atoms with Crippen molar-refractivity contribution in [3.63, 3.8) is 0 Å². The van der Waals surface area contributed by atoms with Crippen molar-refractivity contribution in [2.45, 2.75) is 148 Å². The summed E-state index contributed by atoms with van der Waals surface area (Å²) < 4.78 is 5.25. The van der Waals surface area contributed by atoms with E-state index >= 15 is 0 Å². The molecule has 0 saturated heterocycles. The van der Waals surface area contributed by atoms with Crippen molar-refractivity contribution in [1.82, 2.24) is 5.32 Å². The SMILES string of the molecule is CCCCCCCCCCCCCCCC(=O)NC(CO)(CO)COC(=O)CCCCCCC. The fraction of sp³-hybridized carbons (Fsp3) is 0.929. The lowest BCUT2D eigenvalue weighted by molar-refractivity contribution is -0.149. The van der Waals surface area contributed by atoms with E-state index in [4.69, 9.17) is 4.74 Å². The molecule has 0 radical (unpaired) electrons. The second kappa shape index (κ2) is 23.6. The summed E-state index contributed by atoms with van der Waals surface area (Å²) in [6, 6.07) is 0. The van der Waals surface area contributed by atoms with Crippen LogP contribution in [0.2, 0.25) is 0 Å². The molecule has 1 amide bonds. The van der Waals surface area contributed by atoms with Gasteiger partial charge < -0.3 is 20.3 Å². The van der Waals surface area contributed by atoms with Gasteiger partial charge in [0.2, 0.25) is 5.91 Å². The van der Waals surface area contributed by atoms with Gasteiger partial charge in [0.25, 0.3) is 0 Å². The van der Waals surface area contributed by atoms with E-state index in [9.17, 15) is 19.8 Å². The fourth-order valence-corrected chi connectivity index (χ4v) is 4.08. The van der Waals surface area contributed by atoms with E-state index in [1.165, 1.54) is 70.6 Å². The summed E-state index contributed by atoms with van der Waals surface area (Å²) in [6.07, 6.45) is 22.1. The van der Waals surface area contributed by atoms with E-state index in [2.05, 4.69) is 19.2 Å². The molecular formula is C28H55NO5. The normalized spacial score (nSPS) is 11.5. The van der Waals surface area contributed by atoms with Gasteiger partial charge in [-0.1, -0.05) is 117 Å². The van der Waals surface area contributed by atoms with Crippen molar-refractivity contribution >= 4 is 11.9 Å². The van der Waals surface area contributed by atoms with Crippen LogP contribution in [0.15, 0.2) is 0 Å². The number of ether oxygens (including phenoxy) is 1. The summed E-state index contributed by atoms with van der Waals surface area (Å²) in [7, 11) is 0. The summed E-state index contributed by atoms with van der Waals surface area (Å²) in [6.45, 7) is 3.23. The predicted octanol–water partition coefficient (Wildman–Crippen LogP) is 6.21. The van der Waals surface area contributed by atoms with Gasteiger partial charge in [-0.05, 0) is 12.8 Å². The molecule has 0 aromatic rings. The number of amides is 1. The molecular weight excluding hydrogens is 430 g/mol. The number of carbonyl (C=O) groups is 2. The van der Waals surface area contributed by atoms with Crippen LogP contribution in [0.5, 0.6) is 0 Å². The maximum absolute atomic E-state index is 12.3. The molecule has 0 rings (SSSR count). The van der Waals surface area contributed by atoms with Crippen molar-refractivity contribution in [3.8, 4) is 0 Å². The van der Waals surface area contributed by atoms with Crippen molar-refractivity contribution < 1.29 is 24.5 Å². The van der Waals surface area contributed by atoms with Crippen LogP contribution in [-0.2, 0) is 14.3 Å². The number of unbranched alkanes of at least 4 members (excludes halogenated alkanes) is 16. The molecule has 0 unspecified atom stereocenters. The molecule has 0 spiro atoms. The molecule has 6 nitrogen and oxygen atoms in total. The average molecular weight is 486 g/mol. The van der Waals surface area contributed by atoms with Gasteiger partial charge in [-0.15, -0.1) is 0 Å². The Morgan fingerprint density at radius 3 is 1.41 bits per heavy atom. The van der Waals surface area contributed by atoms with Gasteiger partial charge in [0, 0.05) is 12.8 Å². The van der Waals surface area contributed by atoms with Crippen LogP contribution < -0.4 is 5.32 Å². The molecule has 202 valence electrons. The molecule has 0 aliphatic rings. The lowest BCUT2D eigenvalue weighted by atomic mass is 10.0. The summed E-state index contributed by atoms with van der Waals surface area (Å²) in [5.74, 6) is -0.574. The Morgan fingerprint density at radius 2 is 1.00 bits per heavy atom. The van der Waals surface area contributed by atoms with Crippen molar-refractivity contribution in [2.24, 2.45) is 0 Å². The number of esters is 1. The van der Waals surface area contributed by atoms with Crippen molar-refractivity contribution in [3.05, 3.63) is 0 Å². The maximum atomic E-state index is 12.3. The smallest absolute Gasteiger partial charge is 0.305 e. The van der Waals surface area contributed by atoms with Crippen LogP contribution in [0.3, 0.4) is 0 Å². The number of nitrogens with one attached hydrogen (secondary N) is 1. The highest BCUT2D eigenvalue weighted by Crippen LogP contribution is 2.14. The van der Waals surface area contributed by atoms with E-state index in [1.807, 2.05) is 0 Å². The quantitative estimate of drug-likeness (QED) is 0.105. The second-order valence-electron chi connectivity index (χ2n) is 9.96. The number of carbonyl (C=O) groups excluding carboxylic acids is 2. The Morgan fingerprint density at radius 1 is 0.618 bits per heavy atom. The first-order valence-electron chi connectivity index (χ1n) is 14.2. The van der Waals surface area contributed by atoms with Crippen LogP contribution in [-0.4, -0.2) is 47.4 Å². The molecule has 0 atom stereocenters. The molecule has 6 heteroatoms. The van der Waals surface area contributed by atoms with E-state index in [1.54, 1.807) is 0 Å². The third kappa shape index (κ3) is 19.2. The molecule has 0 saturated carbocycles. The Balaban J connectivity index is 3.87. The lowest BCUT2D eigenvalue weighted by Gasteiger charge is -2.30. The predicted molar refractivity (Wildman–Crippen MR) is 140 cm³/mol. The number of hydrogen-bond donors (Lipinski definition) is 3. The molecule has 34 heavy (non-hydrogen) atoms. The number of rotatable bonds is 25. The van der Waals surface area contributed by atoms with Gasteiger partial charge in [-0.25, -0.2) is 0 Å². The van der Waals surface area contributed by atoms with E-state index in [0.29, 0.717) is 12.8 Å². The summed E-state index contributed by atoms with van der Waals surface area (Å²) in [4.78, 5) is 24.3. The first-order chi connectivity index (χ1) is 16.5. The number of hydrogen-bond acceptors (Lipinski definition) is 5. The third-order valence-corrected chi connectivity index (χ3v) is 6.51. The first kappa shape index (κ1) is 32.9. The highest BCUT2D eigenvalue weighted by atomic mass is 16.5. The monoisotopic (exact) mass is 485 g/mol. The van der Waals surface area contributed by atoms with E-state index < -0.39 is 18.8 Å².